The lowest BCUT2D eigenvalue weighted by Crippen LogP contribution is -2.23. The maximum Gasteiger partial charge on any atom is 0.416 e. The summed E-state index contributed by atoms with van der Waals surface area (Å²) >= 11 is 1.55. The van der Waals surface area contributed by atoms with Crippen molar-refractivity contribution in [3.05, 3.63) is 113 Å². The molecule has 6 nitrogen and oxygen atoms in total. The van der Waals surface area contributed by atoms with Crippen LogP contribution in [-0.4, -0.2) is 34.4 Å². The van der Waals surface area contributed by atoms with Crippen LogP contribution >= 0.6 is 11.8 Å². The lowest BCUT2D eigenvalue weighted by atomic mass is 10.1. The van der Waals surface area contributed by atoms with Gasteiger partial charge in [-0.15, -0.1) is 10.2 Å². The van der Waals surface area contributed by atoms with Crippen molar-refractivity contribution in [1.82, 2.24) is 20.1 Å². The average molecular weight is 541 g/mol. The van der Waals surface area contributed by atoms with Crippen LogP contribution in [0.3, 0.4) is 0 Å². The van der Waals surface area contributed by atoms with E-state index in [0.29, 0.717) is 36.5 Å². The smallest absolute Gasteiger partial charge is 0.383 e. The maximum absolute atomic E-state index is 12.9. The standard InChI is InChI=1S/C28H27F3N4O2S/c1-37-15-14-35-25(17-20-6-3-2-4-7-20)33-34-27(35)38-19-21-10-12-23(13-11-21)26(36)32-18-22-8-5-9-24(16-22)28(29,30)31/h2-13,16H,14-15,17-19H2,1H3,(H,32,36). The molecule has 38 heavy (non-hydrogen) atoms. The number of halogens is 3. The second-order valence-electron chi connectivity index (χ2n) is 8.57. The van der Waals surface area contributed by atoms with Crippen LogP contribution in [0.1, 0.15) is 38.4 Å². The quantitative estimate of drug-likeness (QED) is 0.245. The van der Waals surface area contributed by atoms with E-state index in [9.17, 15) is 18.0 Å². The van der Waals surface area contributed by atoms with Crippen LogP contribution in [0.5, 0.6) is 0 Å². The first-order valence-corrected chi connectivity index (χ1v) is 12.9. The summed E-state index contributed by atoms with van der Waals surface area (Å²) in [7, 11) is 1.66. The number of amides is 1. The Morgan fingerprint density at radius 3 is 2.39 bits per heavy atom. The fourth-order valence-corrected chi connectivity index (χ4v) is 4.72. The van der Waals surface area contributed by atoms with Gasteiger partial charge in [-0.2, -0.15) is 13.2 Å². The van der Waals surface area contributed by atoms with Crippen molar-refractivity contribution in [3.8, 4) is 0 Å². The SMILES string of the molecule is COCCn1c(Cc2ccccc2)nnc1SCc1ccc(C(=O)NCc2cccc(C(F)(F)F)c2)cc1. The molecule has 0 bridgehead atoms. The van der Waals surface area contributed by atoms with Gasteiger partial charge in [-0.25, -0.2) is 0 Å². The molecule has 0 aliphatic carbocycles. The molecule has 4 aromatic rings. The minimum Gasteiger partial charge on any atom is -0.383 e. The van der Waals surface area contributed by atoms with Gasteiger partial charge in [-0.05, 0) is 41.0 Å². The van der Waals surface area contributed by atoms with Gasteiger partial charge in [-0.3, -0.25) is 4.79 Å². The van der Waals surface area contributed by atoms with Crippen molar-refractivity contribution >= 4 is 17.7 Å². The number of carbonyl (C=O) groups excluding carboxylic acids is 1. The van der Waals surface area contributed by atoms with Crippen molar-refractivity contribution in [3.63, 3.8) is 0 Å². The first kappa shape index (κ1) is 27.4. The Morgan fingerprint density at radius 1 is 0.947 bits per heavy atom. The summed E-state index contributed by atoms with van der Waals surface area (Å²) in [5, 5.41) is 12.2. The summed E-state index contributed by atoms with van der Waals surface area (Å²) in [6, 6.07) is 22.1. The van der Waals surface area contributed by atoms with Gasteiger partial charge in [0.05, 0.1) is 12.2 Å². The largest absolute Gasteiger partial charge is 0.416 e. The average Bonchev–Trinajstić information content (AvgIpc) is 3.30. The monoisotopic (exact) mass is 540 g/mol. The number of hydrogen-bond acceptors (Lipinski definition) is 5. The molecule has 0 aliphatic rings. The summed E-state index contributed by atoms with van der Waals surface area (Å²) in [6.07, 6.45) is -3.75. The zero-order valence-corrected chi connectivity index (χ0v) is 21.6. The van der Waals surface area contributed by atoms with Crippen molar-refractivity contribution in [1.29, 1.82) is 0 Å². The van der Waals surface area contributed by atoms with Gasteiger partial charge in [0.1, 0.15) is 5.82 Å². The second-order valence-corrected chi connectivity index (χ2v) is 9.51. The predicted molar refractivity (Wildman–Crippen MR) is 140 cm³/mol. The van der Waals surface area contributed by atoms with Crippen molar-refractivity contribution < 1.29 is 22.7 Å². The lowest BCUT2D eigenvalue weighted by molar-refractivity contribution is -0.137. The molecule has 0 saturated heterocycles. The molecular formula is C28H27F3N4O2S. The van der Waals surface area contributed by atoms with E-state index in [1.807, 2.05) is 30.3 Å². The molecule has 0 atom stereocenters. The van der Waals surface area contributed by atoms with Crippen LogP contribution in [0.4, 0.5) is 13.2 Å². The van der Waals surface area contributed by atoms with Crippen LogP contribution in [0.2, 0.25) is 0 Å². The van der Waals surface area contributed by atoms with Gasteiger partial charge in [0.25, 0.3) is 5.91 Å². The molecule has 1 aromatic heterocycles. The number of rotatable bonds is 11. The molecule has 4 rings (SSSR count). The third-order valence-electron chi connectivity index (χ3n) is 5.81. The highest BCUT2D eigenvalue weighted by Gasteiger charge is 2.30. The van der Waals surface area contributed by atoms with E-state index in [1.54, 1.807) is 37.1 Å². The fourth-order valence-electron chi connectivity index (χ4n) is 3.78. The molecule has 1 N–H and O–H groups in total. The normalized spacial score (nSPS) is 11.5. The number of benzene rings is 3. The molecule has 198 valence electrons. The van der Waals surface area contributed by atoms with Crippen LogP contribution in [0.25, 0.3) is 0 Å². The zero-order chi connectivity index (χ0) is 27.0. The number of aromatic nitrogens is 3. The van der Waals surface area contributed by atoms with E-state index in [2.05, 4.69) is 32.2 Å². The van der Waals surface area contributed by atoms with Crippen LogP contribution in [0, 0.1) is 0 Å². The Morgan fingerprint density at radius 2 is 1.68 bits per heavy atom. The summed E-state index contributed by atoms with van der Waals surface area (Å²) in [5.41, 5.74) is 2.22. The number of methoxy groups -OCH3 is 1. The molecule has 3 aromatic carbocycles. The molecule has 0 saturated carbocycles. The molecule has 0 radical (unpaired) electrons. The summed E-state index contributed by atoms with van der Waals surface area (Å²) in [5.74, 6) is 1.14. The van der Waals surface area contributed by atoms with E-state index in [0.717, 1.165) is 34.2 Å². The predicted octanol–water partition coefficient (Wildman–Crippen LogP) is 5.76. The number of nitrogens with one attached hydrogen (secondary N) is 1. The Balaban J connectivity index is 1.35. The third-order valence-corrected chi connectivity index (χ3v) is 6.85. The number of thioether (sulfide) groups is 1. The fraction of sp³-hybridized carbons (Fsp3) is 0.250. The number of carbonyl (C=O) groups is 1. The zero-order valence-electron chi connectivity index (χ0n) is 20.7. The first-order chi connectivity index (χ1) is 18.3. The molecule has 0 aliphatic heterocycles. The van der Waals surface area contributed by atoms with Crippen LogP contribution in [0.15, 0.2) is 84.0 Å². The molecule has 1 heterocycles. The van der Waals surface area contributed by atoms with E-state index in [-0.39, 0.29) is 12.5 Å². The van der Waals surface area contributed by atoms with Gasteiger partial charge in [0.15, 0.2) is 5.16 Å². The van der Waals surface area contributed by atoms with Crippen molar-refractivity contribution in [2.24, 2.45) is 0 Å². The molecule has 0 fully saturated rings. The Bertz CT molecular complexity index is 1340. The number of ether oxygens (including phenoxy) is 1. The second kappa shape index (κ2) is 12.7. The number of nitrogens with zero attached hydrogens (tertiary/aromatic N) is 3. The maximum atomic E-state index is 12.9. The third kappa shape index (κ3) is 7.45. The molecule has 0 unspecified atom stereocenters. The minimum absolute atomic E-state index is 0.00278. The summed E-state index contributed by atoms with van der Waals surface area (Å²) in [4.78, 5) is 12.5. The van der Waals surface area contributed by atoms with Crippen molar-refractivity contribution in [2.45, 2.75) is 36.6 Å². The van der Waals surface area contributed by atoms with Gasteiger partial charge in [0, 0.05) is 37.9 Å². The van der Waals surface area contributed by atoms with Gasteiger partial charge in [-0.1, -0.05) is 66.4 Å². The van der Waals surface area contributed by atoms with Crippen LogP contribution < -0.4 is 5.32 Å². The van der Waals surface area contributed by atoms with E-state index in [4.69, 9.17) is 4.74 Å². The topological polar surface area (TPSA) is 69.0 Å². The van der Waals surface area contributed by atoms with Gasteiger partial charge >= 0.3 is 6.18 Å². The molecule has 0 spiro atoms. The highest BCUT2D eigenvalue weighted by Crippen LogP contribution is 2.29. The van der Waals surface area contributed by atoms with E-state index < -0.39 is 11.7 Å². The Kier molecular flexibility index (Phi) is 9.19. The van der Waals surface area contributed by atoms with Crippen molar-refractivity contribution in [2.75, 3.05) is 13.7 Å². The van der Waals surface area contributed by atoms with Gasteiger partial charge < -0.3 is 14.6 Å². The molecule has 1 amide bonds. The lowest BCUT2D eigenvalue weighted by Gasteiger charge is -2.11. The molecular weight excluding hydrogens is 513 g/mol. The highest BCUT2D eigenvalue weighted by atomic mass is 32.2. The number of alkyl halides is 3. The summed E-state index contributed by atoms with van der Waals surface area (Å²) < 4.78 is 46.0. The first-order valence-electron chi connectivity index (χ1n) is 11.9. The highest BCUT2D eigenvalue weighted by molar-refractivity contribution is 7.98. The van der Waals surface area contributed by atoms with E-state index in [1.165, 1.54) is 6.07 Å². The van der Waals surface area contributed by atoms with Crippen LogP contribution in [-0.2, 0) is 36.2 Å². The Labute approximate surface area is 223 Å². The van der Waals surface area contributed by atoms with Gasteiger partial charge in [0.2, 0.25) is 0 Å². The van der Waals surface area contributed by atoms with E-state index >= 15 is 0 Å². The number of hydrogen-bond donors (Lipinski definition) is 1. The molecule has 10 heteroatoms. The Hall–Kier alpha value is -3.63. The summed E-state index contributed by atoms with van der Waals surface area (Å²) in [6.45, 7) is 1.18. The minimum atomic E-state index is -4.42.